The van der Waals surface area contributed by atoms with E-state index in [1.807, 2.05) is 19.9 Å². The summed E-state index contributed by atoms with van der Waals surface area (Å²) in [6, 6.07) is 8.75. The molecule has 31 heavy (non-hydrogen) atoms. The molecule has 0 aromatic heterocycles. The number of hydrogen-bond donors (Lipinski definition) is 4. The third kappa shape index (κ3) is 4.41. The average Bonchev–Trinajstić information content (AvgIpc) is 2.69. The van der Waals surface area contributed by atoms with E-state index in [0.29, 0.717) is 29.9 Å². The molecule has 0 fully saturated rings. The summed E-state index contributed by atoms with van der Waals surface area (Å²) in [5.41, 5.74) is 1.96. The highest BCUT2D eigenvalue weighted by Gasteiger charge is 2.36. The first-order valence-electron chi connectivity index (χ1n) is 10.1. The van der Waals surface area contributed by atoms with E-state index >= 15 is 0 Å². The Labute approximate surface area is 179 Å². The molecule has 2 aliphatic rings. The standard InChI is InChI=1S/C22H25FN4O4/c1-22(2)11-18(15-4-3-5-16(23)19(15)31-22)25-20(29)24-14-7-6-13-12-27(8-9-28)21(30)26-17(13)10-14/h3-7,10,18,28H,8-9,11-12H2,1-2H3,(H,26,30)(H2,24,25,29)/t18-/m1/s1. The van der Waals surface area contributed by atoms with E-state index in [4.69, 9.17) is 9.84 Å². The number of urea groups is 2. The number of anilines is 2. The number of carbonyl (C=O) groups excluding carboxylic acids is 2. The molecule has 0 radical (unpaired) electrons. The van der Waals surface area contributed by atoms with Gasteiger partial charge in [0.2, 0.25) is 0 Å². The van der Waals surface area contributed by atoms with Gasteiger partial charge in [-0.1, -0.05) is 18.2 Å². The van der Waals surface area contributed by atoms with Crippen molar-refractivity contribution in [2.24, 2.45) is 0 Å². The average molecular weight is 428 g/mol. The Morgan fingerprint density at radius 1 is 1.35 bits per heavy atom. The summed E-state index contributed by atoms with van der Waals surface area (Å²) in [6.07, 6.45) is 0.484. The van der Waals surface area contributed by atoms with Crippen molar-refractivity contribution in [3.8, 4) is 5.75 Å². The van der Waals surface area contributed by atoms with Crippen LogP contribution in [0, 0.1) is 5.82 Å². The number of amides is 4. The number of hydrogen-bond acceptors (Lipinski definition) is 4. The molecule has 0 saturated heterocycles. The fourth-order valence-corrected chi connectivity index (χ4v) is 3.96. The Bertz CT molecular complexity index is 1030. The molecular formula is C22H25FN4O4. The minimum atomic E-state index is -0.635. The van der Waals surface area contributed by atoms with Gasteiger partial charge in [-0.05, 0) is 37.6 Å². The number of fused-ring (bicyclic) bond motifs is 2. The van der Waals surface area contributed by atoms with Crippen LogP contribution in [-0.4, -0.2) is 40.8 Å². The summed E-state index contributed by atoms with van der Waals surface area (Å²) >= 11 is 0. The summed E-state index contributed by atoms with van der Waals surface area (Å²) in [5, 5.41) is 17.5. The first-order valence-corrected chi connectivity index (χ1v) is 10.1. The van der Waals surface area contributed by atoms with Gasteiger partial charge in [-0.25, -0.2) is 14.0 Å². The van der Waals surface area contributed by atoms with Gasteiger partial charge in [-0.15, -0.1) is 0 Å². The number of ether oxygens (including phenoxy) is 1. The van der Waals surface area contributed by atoms with Gasteiger partial charge in [0.15, 0.2) is 11.6 Å². The van der Waals surface area contributed by atoms with E-state index in [2.05, 4.69) is 16.0 Å². The van der Waals surface area contributed by atoms with Gasteiger partial charge in [-0.2, -0.15) is 0 Å². The van der Waals surface area contributed by atoms with Crippen LogP contribution in [0.1, 0.15) is 37.4 Å². The normalized spacial score (nSPS) is 18.9. The lowest BCUT2D eigenvalue weighted by Crippen LogP contribution is -2.43. The molecule has 4 rings (SSSR count). The van der Waals surface area contributed by atoms with Crippen LogP contribution in [-0.2, 0) is 6.54 Å². The number of β-amino-alcohol motifs (C(OH)–C–C–N with tert-alkyl or cyclic N) is 1. The Hall–Kier alpha value is -3.33. The molecule has 2 heterocycles. The second kappa shape index (κ2) is 8.07. The Kier molecular flexibility index (Phi) is 5.45. The number of carbonyl (C=O) groups is 2. The fourth-order valence-electron chi connectivity index (χ4n) is 3.96. The first kappa shape index (κ1) is 20.9. The second-order valence-corrected chi connectivity index (χ2v) is 8.32. The van der Waals surface area contributed by atoms with Gasteiger partial charge in [0.1, 0.15) is 5.60 Å². The zero-order valence-electron chi connectivity index (χ0n) is 17.4. The predicted molar refractivity (Wildman–Crippen MR) is 114 cm³/mol. The largest absolute Gasteiger partial charge is 0.484 e. The minimum Gasteiger partial charge on any atom is -0.484 e. The molecule has 0 bridgehead atoms. The molecule has 4 amide bonds. The highest BCUT2D eigenvalue weighted by molar-refractivity contribution is 5.95. The summed E-state index contributed by atoms with van der Waals surface area (Å²) in [5.74, 6) is -0.300. The van der Waals surface area contributed by atoms with Crippen molar-refractivity contribution in [1.82, 2.24) is 10.2 Å². The van der Waals surface area contributed by atoms with Crippen LogP contribution in [0.5, 0.6) is 5.75 Å². The van der Waals surface area contributed by atoms with Gasteiger partial charge < -0.3 is 30.7 Å². The number of rotatable bonds is 4. The van der Waals surface area contributed by atoms with Crippen molar-refractivity contribution < 1.29 is 23.8 Å². The molecular weight excluding hydrogens is 403 g/mol. The maximum absolute atomic E-state index is 14.2. The fraction of sp³-hybridized carbons (Fsp3) is 0.364. The molecule has 0 unspecified atom stereocenters. The van der Waals surface area contributed by atoms with Crippen molar-refractivity contribution in [1.29, 1.82) is 0 Å². The SMILES string of the molecule is CC1(C)C[C@@H](NC(=O)Nc2ccc3c(c2)NC(=O)N(CCO)C3)c2cccc(F)c2O1. The second-order valence-electron chi connectivity index (χ2n) is 8.32. The van der Waals surface area contributed by atoms with Crippen LogP contribution >= 0.6 is 0 Å². The number of halogens is 1. The molecule has 0 spiro atoms. The number of aliphatic hydroxyl groups is 1. The van der Waals surface area contributed by atoms with Gasteiger partial charge in [0, 0.05) is 36.4 Å². The van der Waals surface area contributed by atoms with Crippen molar-refractivity contribution >= 4 is 23.4 Å². The number of aliphatic hydroxyl groups excluding tert-OH is 1. The quantitative estimate of drug-likeness (QED) is 0.598. The number of benzene rings is 2. The summed E-state index contributed by atoms with van der Waals surface area (Å²) in [4.78, 5) is 26.3. The van der Waals surface area contributed by atoms with Crippen LogP contribution in [0.2, 0.25) is 0 Å². The van der Waals surface area contributed by atoms with E-state index in [1.165, 1.54) is 11.0 Å². The Morgan fingerprint density at radius 2 is 2.16 bits per heavy atom. The Balaban J connectivity index is 1.47. The van der Waals surface area contributed by atoms with Gasteiger partial charge in [0.25, 0.3) is 0 Å². The maximum Gasteiger partial charge on any atom is 0.322 e. The predicted octanol–water partition coefficient (Wildman–Crippen LogP) is 3.59. The summed E-state index contributed by atoms with van der Waals surface area (Å²) < 4.78 is 20.0. The molecule has 0 aliphatic carbocycles. The topological polar surface area (TPSA) is 103 Å². The van der Waals surface area contributed by atoms with Crippen LogP contribution in [0.4, 0.5) is 25.4 Å². The summed E-state index contributed by atoms with van der Waals surface area (Å²) in [6.45, 7) is 4.21. The highest BCUT2D eigenvalue weighted by Crippen LogP contribution is 2.41. The number of nitrogens with zero attached hydrogens (tertiary/aromatic N) is 1. The number of nitrogens with one attached hydrogen (secondary N) is 3. The zero-order chi connectivity index (χ0) is 22.2. The molecule has 164 valence electrons. The van der Waals surface area contributed by atoms with Gasteiger partial charge >= 0.3 is 12.1 Å². The van der Waals surface area contributed by atoms with Crippen molar-refractivity contribution in [2.75, 3.05) is 23.8 Å². The lowest BCUT2D eigenvalue weighted by Gasteiger charge is -2.38. The van der Waals surface area contributed by atoms with Crippen molar-refractivity contribution in [3.63, 3.8) is 0 Å². The molecule has 2 aromatic carbocycles. The molecule has 9 heteroatoms. The van der Waals surface area contributed by atoms with Crippen molar-refractivity contribution in [2.45, 2.75) is 38.5 Å². The van der Waals surface area contributed by atoms with Crippen LogP contribution < -0.4 is 20.7 Å². The zero-order valence-corrected chi connectivity index (χ0v) is 17.4. The molecule has 0 saturated carbocycles. The lowest BCUT2D eigenvalue weighted by atomic mass is 9.89. The Morgan fingerprint density at radius 3 is 2.94 bits per heavy atom. The molecule has 4 N–H and O–H groups in total. The van der Waals surface area contributed by atoms with E-state index in [1.54, 1.807) is 24.3 Å². The van der Waals surface area contributed by atoms with Crippen LogP contribution in [0.25, 0.3) is 0 Å². The molecule has 8 nitrogen and oxygen atoms in total. The minimum absolute atomic E-state index is 0.112. The maximum atomic E-state index is 14.2. The monoisotopic (exact) mass is 428 g/mol. The third-order valence-electron chi connectivity index (χ3n) is 5.38. The van der Waals surface area contributed by atoms with E-state index in [9.17, 15) is 14.0 Å². The summed E-state index contributed by atoms with van der Waals surface area (Å²) in [7, 11) is 0. The smallest absolute Gasteiger partial charge is 0.322 e. The van der Waals surface area contributed by atoms with E-state index in [0.717, 1.165) is 5.56 Å². The molecule has 1 atom stereocenters. The first-order chi connectivity index (χ1) is 14.8. The van der Waals surface area contributed by atoms with Gasteiger partial charge in [0.05, 0.1) is 12.6 Å². The molecule has 2 aliphatic heterocycles. The number of para-hydroxylation sites is 1. The highest BCUT2D eigenvalue weighted by atomic mass is 19.1. The van der Waals surface area contributed by atoms with Crippen LogP contribution in [0.15, 0.2) is 36.4 Å². The third-order valence-corrected chi connectivity index (χ3v) is 5.38. The van der Waals surface area contributed by atoms with E-state index in [-0.39, 0.29) is 24.9 Å². The van der Waals surface area contributed by atoms with Gasteiger partial charge in [-0.3, -0.25) is 0 Å². The van der Waals surface area contributed by atoms with Crippen molar-refractivity contribution in [3.05, 3.63) is 53.3 Å². The van der Waals surface area contributed by atoms with Crippen LogP contribution in [0.3, 0.4) is 0 Å². The molecule has 2 aromatic rings. The lowest BCUT2D eigenvalue weighted by molar-refractivity contribution is 0.0630. The van der Waals surface area contributed by atoms with E-state index < -0.39 is 23.5 Å².